The normalized spacial score (nSPS) is 19.4. The van der Waals surface area contributed by atoms with Crippen molar-refractivity contribution in [3.05, 3.63) is 29.8 Å². The summed E-state index contributed by atoms with van der Waals surface area (Å²) in [7, 11) is 0. The van der Waals surface area contributed by atoms with E-state index in [2.05, 4.69) is 20.9 Å². The van der Waals surface area contributed by atoms with Crippen molar-refractivity contribution in [1.82, 2.24) is 15.5 Å². The lowest BCUT2D eigenvalue weighted by Gasteiger charge is -2.31. The number of amides is 2. The molecule has 7 nitrogen and oxygen atoms in total. The lowest BCUT2D eigenvalue weighted by Crippen LogP contribution is -2.48. The predicted molar refractivity (Wildman–Crippen MR) is 100 cm³/mol. The standard InChI is InChI=1S/C19H28N4O3/c1-14(16-12-20-13-16)18(24)22-17-4-2-15(3-5-17)19(25)21-6-7-23-8-10-26-11-9-23/h2-5,14,16,20H,6-13H2,1H3,(H,21,25)(H,22,24). The molecule has 0 spiro atoms. The Hall–Kier alpha value is -1.96. The molecule has 1 unspecified atom stereocenters. The highest BCUT2D eigenvalue weighted by atomic mass is 16.5. The molecule has 3 rings (SSSR count). The van der Waals surface area contributed by atoms with Crippen molar-refractivity contribution in [3.63, 3.8) is 0 Å². The smallest absolute Gasteiger partial charge is 0.251 e. The highest BCUT2D eigenvalue weighted by Gasteiger charge is 2.28. The third-order valence-corrected chi connectivity index (χ3v) is 5.17. The van der Waals surface area contributed by atoms with E-state index in [1.165, 1.54) is 0 Å². The number of anilines is 1. The molecule has 142 valence electrons. The van der Waals surface area contributed by atoms with E-state index in [1.54, 1.807) is 24.3 Å². The summed E-state index contributed by atoms with van der Waals surface area (Å²) >= 11 is 0. The van der Waals surface area contributed by atoms with Gasteiger partial charge < -0.3 is 20.7 Å². The molecular formula is C19H28N4O3. The number of rotatable bonds is 7. The highest BCUT2D eigenvalue weighted by Crippen LogP contribution is 2.18. The molecule has 7 heteroatoms. The van der Waals surface area contributed by atoms with Gasteiger partial charge in [-0.2, -0.15) is 0 Å². The van der Waals surface area contributed by atoms with Gasteiger partial charge >= 0.3 is 0 Å². The number of morpholine rings is 1. The van der Waals surface area contributed by atoms with Crippen molar-refractivity contribution in [2.75, 3.05) is 57.8 Å². The quantitative estimate of drug-likeness (QED) is 0.661. The Labute approximate surface area is 154 Å². The number of ether oxygens (including phenoxy) is 1. The number of carbonyl (C=O) groups is 2. The predicted octanol–water partition coefficient (Wildman–Crippen LogP) is 0.543. The number of hydrogen-bond donors (Lipinski definition) is 3. The van der Waals surface area contributed by atoms with Gasteiger partial charge in [-0.15, -0.1) is 0 Å². The van der Waals surface area contributed by atoms with Gasteiger partial charge in [-0.25, -0.2) is 0 Å². The van der Waals surface area contributed by atoms with Crippen molar-refractivity contribution < 1.29 is 14.3 Å². The molecule has 2 aliphatic heterocycles. The van der Waals surface area contributed by atoms with Crippen LogP contribution in [-0.4, -0.2) is 69.2 Å². The van der Waals surface area contributed by atoms with Crippen molar-refractivity contribution in [1.29, 1.82) is 0 Å². The van der Waals surface area contributed by atoms with Gasteiger partial charge in [0, 0.05) is 43.3 Å². The zero-order valence-corrected chi connectivity index (χ0v) is 15.3. The summed E-state index contributed by atoms with van der Waals surface area (Å²) in [6.07, 6.45) is 0. The van der Waals surface area contributed by atoms with E-state index in [4.69, 9.17) is 4.74 Å². The van der Waals surface area contributed by atoms with Crippen LogP contribution in [0.25, 0.3) is 0 Å². The number of nitrogens with one attached hydrogen (secondary N) is 3. The van der Waals surface area contributed by atoms with Gasteiger partial charge in [-0.3, -0.25) is 14.5 Å². The molecule has 26 heavy (non-hydrogen) atoms. The van der Waals surface area contributed by atoms with Gasteiger partial charge in [-0.1, -0.05) is 6.92 Å². The van der Waals surface area contributed by atoms with Crippen molar-refractivity contribution in [2.24, 2.45) is 11.8 Å². The molecule has 0 aromatic heterocycles. The maximum absolute atomic E-state index is 12.2. The third-order valence-electron chi connectivity index (χ3n) is 5.17. The minimum Gasteiger partial charge on any atom is -0.379 e. The first kappa shape index (κ1) is 18.8. The number of hydrogen-bond acceptors (Lipinski definition) is 5. The first-order valence-electron chi connectivity index (χ1n) is 9.33. The second-order valence-corrected chi connectivity index (χ2v) is 6.98. The van der Waals surface area contributed by atoms with E-state index < -0.39 is 0 Å². The maximum atomic E-state index is 12.2. The molecule has 3 N–H and O–H groups in total. The van der Waals surface area contributed by atoms with Gasteiger partial charge in [0.2, 0.25) is 5.91 Å². The molecule has 2 aliphatic rings. The molecule has 2 saturated heterocycles. The second kappa shape index (κ2) is 9.12. The minimum atomic E-state index is -0.0925. The van der Waals surface area contributed by atoms with Gasteiger partial charge in [-0.05, 0) is 43.3 Å². The first-order chi connectivity index (χ1) is 12.6. The topological polar surface area (TPSA) is 82.7 Å². The zero-order chi connectivity index (χ0) is 18.4. The van der Waals surface area contributed by atoms with E-state index in [9.17, 15) is 9.59 Å². The number of nitrogens with zero attached hydrogens (tertiary/aromatic N) is 1. The average Bonchev–Trinajstić information content (AvgIpc) is 2.61. The van der Waals surface area contributed by atoms with Gasteiger partial charge in [0.1, 0.15) is 0 Å². The van der Waals surface area contributed by atoms with E-state index in [1.807, 2.05) is 6.92 Å². The first-order valence-corrected chi connectivity index (χ1v) is 9.33. The van der Waals surface area contributed by atoms with Crippen LogP contribution in [0.5, 0.6) is 0 Å². The van der Waals surface area contributed by atoms with Crippen LogP contribution in [-0.2, 0) is 9.53 Å². The fourth-order valence-electron chi connectivity index (χ4n) is 3.09. The third kappa shape index (κ3) is 5.03. The maximum Gasteiger partial charge on any atom is 0.251 e. The van der Waals surface area contributed by atoms with Crippen LogP contribution in [0.15, 0.2) is 24.3 Å². The van der Waals surface area contributed by atoms with Crippen LogP contribution in [0.1, 0.15) is 17.3 Å². The summed E-state index contributed by atoms with van der Waals surface area (Å²) in [6, 6.07) is 7.05. The molecule has 1 aromatic carbocycles. The van der Waals surface area contributed by atoms with Crippen molar-refractivity contribution in [2.45, 2.75) is 6.92 Å². The molecule has 0 bridgehead atoms. The Kier molecular flexibility index (Phi) is 6.60. The summed E-state index contributed by atoms with van der Waals surface area (Å²) in [4.78, 5) is 26.7. The van der Waals surface area contributed by atoms with Crippen LogP contribution in [0.4, 0.5) is 5.69 Å². The molecule has 2 heterocycles. The monoisotopic (exact) mass is 360 g/mol. The Balaban J connectivity index is 1.42. The summed E-state index contributed by atoms with van der Waals surface area (Å²) in [6.45, 7) is 8.56. The lowest BCUT2D eigenvalue weighted by atomic mass is 9.88. The van der Waals surface area contributed by atoms with Crippen molar-refractivity contribution >= 4 is 17.5 Å². The molecule has 2 amide bonds. The Morgan fingerprint density at radius 1 is 1.23 bits per heavy atom. The van der Waals surface area contributed by atoms with Crippen LogP contribution in [0.3, 0.4) is 0 Å². The summed E-state index contributed by atoms with van der Waals surface area (Å²) in [5.74, 6) is 0.329. The Morgan fingerprint density at radius 3 is 2.54 bits per heavy atom. The second-order valence-electron chi connectivity index (χ2n) is 6.98. The van der Waals surface area contributed by atoms with Gasteiger partial charge in [0.15, 0.2) is 0 Å². The summed E-state index contributed by atoms with van der Waals surface area (Å²) < 4.78 is 5.31. The summed E-state index contributed by atoms with van der Waals surface area (Å²) in [5.41, 5.74) is 1.32. The largest absolute Gasteiger partial charge is 0.379 e. The molecule has 1 atom stereocenters. The molecule has 0 saturated carbocycles. The molecule has 0 radical (unpaired) electrons. The van der Waals surface area contributed by atoms with Crippen LogP contribution >= 0.6 is 0 Å². The molecule has 2 fully saturated rings. The van der Waals surface area contributed by atoms with Crippen LogP contribution in [0, 0.1) is 11.8 Å². The SMILES string of the molecule is CC(C(=O)Nc1ccc(C(=O)NCCN2CCOCC2)cc1)C1CNC1. The Morgan fingerprint density at radius 2 is 1.92 bits per heavy atom. The molecular weight excluding hydrogens is 332 g/mol. The van der Waals surface area contributed by atoms with E-state index in [-0.39, 0.29) is 17.7 Å². The molecule has 1 aromatic rings. The fraction of sp³-hybridized carbons (Fsp3) is 0.579. The lowest BCUT2D eigenvalue weighted by molar-refractivity contribution is -0.121. The fourth-order valence-corrected chi connectivity index (χ4v) is 3.09. The minimum absolute atomic E-state index is 0.0144. The van der Waals surface area contributed by atoms with E-state index >= 15 is 0 Å². The number of benzene rings is 1. The van der Waals surface area contributed by atoms with Gasteiger partial charge in [0.05, 0.1) is 13.2 Å². The number of carbonyl (C=O) groups excluding carboxylic acids is 2. The summed E-state index contributed by atoms with van der Waals surface area (Å²) in [5, 5.41) is 9.05. The Bertz CT molecular complexity index is 610. The highest BCUT2D eigenvalue weighted by molar-refractivity contribution is 5.96. The zero-order valence-electron chi connectivity index (χ0n) is 15.3. The van der Waals surface area contributed by atoms with Crippen LogP contribution < -0.4 is 16.0 Å². The van der Waals surface area contributed by atoms with Crippen molar-refractivity contribution in [3.8, 4) is 0 Å². The van der Waals surface area contributed by atoms with E-state index in [0.29, 0.717) is 18.0 Å². The molecule has 0 aliphatic carbocycles. The average molecular weight is 360 g/mol. The van der Waals surface area contributed by atoms with Gasteiger partial charge in [0.25, 0.3) is 5.91 Å². The van der Waals surface area contributed by atoms with E-state index in [0.717, 1.165) is 51.6 Å². The van der Waals surface area contributed by atoms with Crippen LogP contribution in [0.2, 0.25) is 0 Å².